The molecule has 0 aliphatic heterocycles. The summed E-state index contributed by atoms with van der Waals surface area (Å²) in [7, 11) is 0. The molecule has 0 bridgehead atoms. The number of hydrogen-bond donors (Lipinski definition) is 1. The molecule has 14 heavy (non-hydrogen) atoms. The van der Waals surface area contributed by atoms with Crippen LogP contribution >= 0.6 is 15.9 Å². The molecular weight excluding hydrogens is 252 g/mol. The molecule has 1 nitrogen and oxygen atoms in total. The number of rotatable bonds is 2. The Hall–Kier alpha value is -0.480. The number of hydrogen-bond acceptors (Lipinski definition) is 1. The van der Waals surface area contributed by atoms with Crippen LogP contribution < -0.4 is 5.73 Å². The molecule has 2 rings (SSSR count). The topological polar surface area (TPSA) is 26.0 Å². The maximum Gasteiger partial charge on any atom is 0.159 e. The highest BCUT2D eigenvalue weighted by Crippen LogP contribution is 2.49. The fraction of sp³-hybridized carbons (Fsp3) is 0.400. The first-order valence-corrected chi connectivity index (χ1v) is 5.27. The highest BCUT2D eigenvalue weighted by atomic mass is 79.9. The summed E-state index contributed by atoms with van der Waals surface area (Å²) in [6.45, 7) is 0.607. The summed E-state index contributed by atoms with van der Waals surface area (Å²) in [5, 5.41) is 0. The van der Waals surface area contributed by atoms with Crippen molar-refractivity contribution < 1.29 is 8.78 Å². The molecule has 0 unspecified atom stereocenters. The fourth-order valence-electron chi connectivity index (χ4n) is 1.71. The van der Waals surface area contributed by atoms with E-state index >= 15 is 0 Å². The molecule has 0 aromatic heterocycles. The van der Waals surface area contributed by atoms with Crippen LogP contribution in [0.5, 0.6) is 0 Å². The van der Waals surface area contributed by atoms with Crippen LogP contribution in [0, 0.1) is 17.6 Å². The van der Waals surface area contributed by atoms with Crippen molar-refractivity contribution >= 4 is 15.9 Å². The molecule has 2 atom stereocenters. The van der Waals surface area contributed by atoms with Gasteiger partial charge in [-0.15, -0.1) is 0 Å². The van der Waals surface area contributed by atoms with E-state index < -0.39 is 11.6 Å². The van der Waals surface area contributed by atoms with E-state index in [1.807, 2.05) is 0 Å². The molecule has 76 valence electrons. The van der Waals surface area contributed by atoms with E-state index in [1.165, 1.54) is 12.1 Å². The SMILES string of the molecule is NC[C@@H]1C[C@H]1c1cc(F)c(F)cc1Br. The van der Waals surface area contributed by atoms with E-state index in [0.29, 0.717) is 22.9 Å². The average molecular weight is 262 g/mol. The van der Waals surface area contributed by atoms with E-state index in [9.17, 15) is 8.78 Å². The third-order valence-corrected chi connectivity index (χ3v) is 3.35. The van der Waals surface area contributed by atoms with Crippen molar-refractivity contribution in [3.63, 3.8) is 0 Å². The number of benzene rings is 1. The second-order valence-electron chi connectivity index (χ2n) is 3.63. The summed E-state index contributed by atoms with van der Waals surface area (Å²) in [4.78, 5) is 0. The summed E-state index contributed by atoms with van der Waals surface area (Å²) >= 11 is 3.23. The lowest BCUT2D eigenvalue weighted by atomic mass is 10.1. The Morgan fingerprint density at radius 1 is 1.36 bits per heavy atom. The lowest BCUT2D eigenvalue weighted by Gasteiger charge is -2.04. The van der Waals surface area contributed by atoms with Crippen LogP contribution in [0.15, 0.2) is 16.6 Å². The van der Waals surface area contributed by atoms with Gasteiger partial charge in [-0.1, -0.05) is 15.9 Å². The fourth-order valence-corrected chi connectivity index (χ4v) is 2.32. The van der Waals surface area contributed by atoms with Crippen molar-refractivity contribution in [1.82, 2.24) is 0 Å². The zero-order chi connectivity index (χ0) is 10.3. The molecule has 1 saturated carbocycles. The molecule has 1 aliphatic rings. The largest absolute Gasteiger partial charge is 0.330 e. The Morgan fingerprint density at radius 3 is 2.57 bits per heavy atom. The number of nitrogens with two attached hydrogens (primary N) is 1. The first-order chi connectivity index (χ1) is 6.63. The molecule has 0 radical (unpaired) electrons. The quantitative estimate of drug-likeness (QED) is 0.815. The molecule has 0 heterocycles. The molecule has 1 aliphatic carbocycles. The second-order valence-corrected chi connectivity index (χ2v) is 4.48. The van der Waals surface area contributed by atoms with Gasteiger partial charge < -0.3 is 5.73 Å². The molecular formula is C10H10BrF2N. The van der Waals surface area contributed by atoms with Crippen LogP contribution in [0.1, 0.15) is 17.9 Å². The standard InChI is InChI=1S/C10H10BrF2N/c11-8-3-10(13)9(12)2-7(8)6-1-5(6)4-14/h2-3,5-6H,1,4,14H2/t5-,6+/m0/s1. The molecule has 0 saturated heterocycles. The summed E-state index contributed by atoms with van der Waals surface area (Å²) < 4.78 is 26.4. The van der Waals surface area contributed by atoms with Gasteiger partial charge in [0.2, 0.25) is 0 Å². The summed E-state index contributed by atoms with van der Waals surface area (Å²) in [5.41, 5.74) is 6.33. The smallest absolute Gasteiger partial charge is 0.159 e. The molecule has 4 heteroatoms. The molecule has 1 fully saturated rings. The normalized spacial score (nSPS) is 25.1. The van der Waals surface area contributed by atoms with E-state index in [4.69, 9.17) is 5.73 Å². The van der Waals surface area contributed by atoms with E-state index in [0.717, 1.165) is 12.0 Å². The summed E-state index contributed by atoms with van der Waals surface area (Å²) in [6.07, 6.45) is 0.972. The maximum absolute atomic E-state index is 13.0. The van der Waals surface area contributed by atoms with E-state index in [2.05, 4.69) is 15.9 Å². The van der Waals surface area contributed by atoms with Crippen molar-refractivity contribution in [3.05, 3.63) is 33.8 Å². The monoisotopic (exact) mass is 261 g/mol. The summed E-state index contributed by atoms with van der Waals surface area (Å²) in [6, 6.07) is 2.44. The van der Waals surface area contributed by atoms with Gasteiger partial charge in [-0.3, -0.25) is 0 Å². The van der Waals surface area contributed by atoms with Crippen molar-refractivity contribution in [3.8, 4) is 0 Å². The maximum atomic E-state index is 13.0. The third-order valence-electron chi connectivity index (χ3n) is 2.66. The predicted octanol–water partition coefficient (Wildman–Crippen LogP) is 2.79. The zero-order valence-electron chi connectivity index (χ0n) is 7.43. The molecule has 1 aromatic rings. The van der Waals surface area contributed by atoms with Crippen molar-refractivity contribution in [2.75, 3.05) is 6.54 Å². The van der Waals surface area contributed by atoms with Gasteiger partial charge >= 0.3 is 0 Å². The van der Waals surface area contributed by atoms with Crippen LogP contribution in [0.2, 0.25) is 0 Å². The van der Waals surface area contributed by atoms with Crippen molar-refractivity contribution in [2.45, 2.75) is 12.3 Å². The van der Waals surface area contributed by atoms with Gasteiger partial charge in [-0.2, -0.15) is 0 Å². The third kappa shape index (κ3) is 1.68. The molecule has 0 spiro atoms. The second kappa shape index (κ2) is 3.59. The summed E-state index contributed by atoms with van der Waals surface area (Å²) in [5.74, 6) is -0.878. The minimum Gasteiger partial charge on any atom is -0.330 e. The van der Waals surface area contributed by atoms with Crippen LogP contribution in [-0.2, 0) is 0 Å². The predicted molar refractivity (Wildman–Crippen MR) is 54.0 cm³/mol. The lowest BCUT2D eigenvalue weighted by molar-refractivity contribution is 0.506. The van der Waals surface area contributed by atoms with Crippen molar-refractivity contribution in [1.29, 1.82) is 0 Å². The first-order valence-electron chi connectivity index (χ1n) is 4.48. The van der Waals surface area contributed by atoms with Gasteiger partial charge in [-0.05, 0) is 42.5 Å². The van der Waals surface area contributed by atoms with Gasteiger partial charge in [-0.25, -0.2) is 8.78 Å². The van der Waals surface area contributed by atoms with E-state index in [1.54, 1.807) is 0 Å². The van der Waals surface area contributed by atoms with Crippen LogP contribution in [0.3, 0.4) is 0 Å². The Balaban J connectivity index is 2.31. The van der Waals surface area contributed by atoms with Crippen molar-refractivity contribution in [2.24, 2.45) is 11.7 Å². The Labute approximate surface area is 89.4 Å². The van der Waals surface area contributed by atoms with Crippen LogP contribution in [-0.4, -0.2) is 6.54 Å². The Morgan fingerprint density at radius 2 is 2.00 bits per heavy atom. The Bertz CT molecular complexity index is 367. The van der Waals surface area contributed by atoms with Gasteiger partial charge in [0.05, 0.1) is 0 Å². The highest BCUT2D eigenvalue weighted by molar-refractivity contribution is 9.10. The average Bonchev–Trinajstić information content (AvgIpc) is 2.90. The molecule has 1 aromatic carbocycles. The van der Waals surface area contributed by atoms with E-state index in [-0.39, 0.29) is 0 Å². The van der Waals surface area contributed by atoms with Crippen LogP contribution in [0.25, 0.3) is 0 Å². The number of halogens is 3. The van der Waals surface area contributed by atoms with Gasteiger partial charge in [0, 0.05) is 4.47 Å². The van der Waals surface area contributed by atoms with Gasteiger partial charge in [0.25, 0.3) is 0 Å². The minimum atomic E-state index is -0.814. The molecule has 0 amide bonds. The molecule has 2 N–H and O–H groups in total. The van der Waals surface area contributed by atoms with Crippen LogP contribution in [0.4, 0.5) is 8.78 Å². The van der Waals surface area contributed by atoms with Gasteiger partial charge in [0.15, 0.2) is 11.6 Å². The Kier molecular flexibility index (Phi) is 2.58. The lowest BCUT2D eigenvalue weighted by Crippen LogP contribution is -2.02. The zero-order valence-corrected chi connectivity index (χ0v) is 9.02. The van der Waals surface area contributed by atoms with Gasteiger partial charge in [0.1, 0.15) is 0 Å². The minimum absolute atomic E-state index is 0.296. The first kappa shape index (κ1) is 10.1. The highest BCUT2D eigenvalue weighted by Gasteiger charge is 2.38.